The lowest BCUT2D eigenvalue weighted by molar-refractivity contribution is 0.207. The van der Waals surface area contributed by atoms with Gasteiger partial charge in [-0.05, 0) is 51.4 Å². The van der Waals surface area contributed by atoms with E-state index in [4.69, 9.17) is 4.98 Å². The number of aryl methyl sites for hydroxylation is 1. The largest absolute Gasteiger partial charge is 0.327 e. The van der Waals surface area contributed by atoms with Gasteiger partial charge in [-0.15, -0.1) is 0 Å². The maximum atomic E-state index is 4.96. The second-order valence-corrected chi connectivity index (χ2v) is 6.24. The van der Waals surface area contributed by atoms with Gasteiger partial charge < -0.3 is 4.57 Å². The zero-order chi connectivity index (χ0) is 14.7. The Morgan fingerprint density at radius 1 is 1.10 bits per heavy atom. The Balaban J connectivity index is 1.95. The van der Waals surface area contributed by atoms with Crippen molar-refractivity contribution >= 4 is 11.0 Å². The van der Waals surface area contributed by atoms with E-state index < -0.39 is 0 Å². The van der Waals surface area contributed by atoms with Crippen molar-refractivity contribution < 1.29 is 0 Å². The third-order valence-corrected chi connectivity index (χ3v) is 4.69. The van der Waals surface area contributed by atoms with Crippen molar-refractivity contribution in [1.82, 2.24) is 14.5 Å². The van der Waals surface area contributed by atoms with Crippen LogP contribution < -0.4 is 0 Å². The molecule has 21 heavy (non-hydrogen) atoms. The van der Waals surface area contributed by atoms with Gasteiger partial charge in [0.05, 0.1) is 17.1 Å². The van der Waals surface area contributed by atoms with Gasteiger partial charge >= 0.3 is 0 Å². The highest BCUT2D eigenvalue weighted by molar-refractivity contribution is 5.76. The van der Waals surface area contributed by atoms with Gasteiger partial charge in [-0.25, -0.2) is 4.98 Å². The SMILES string of the molecule is CCCn1c([C@H](C)N2CCCCCC2)nc2ccccc21. The van der Waals surface area contributed by atoms with E-state index >= 15 is 0 Å². The van der Waals surface area contributed by atoms with E-state index in [0.29, 0.717) is 6.04 Å². The van der Waals surface area contributed by atoms with E-state index in [1.165, 1.54) is 50.1 Å². The van der Waals surface area contributed by atoms with Crippen LogP contribution in [0.1, 0.15) is 57.8 Å². The molecule has 1 aromatic heterocycles. The molecule has 114 valence electrons. The number of imidazole rings is 1. The van der Waals surface area contributed by atoms with Crippen molar-refractivity contribution in [3.63, 3.8) is 0 Å². The molecule has 0 N–H and O–H groups in total. The van der Waals surface area contributed by atoms with Gasteiger partial charge in [-0.1, -0.05) is 31.9 Å². The molecule has 1 aromatic carbocycles. The summed E-state index contributed by atoms with van der Waals surface area (Å²) in [4.78, 5) is 7.58. The van der Waals surface area contributed by atoms with E-state index in [9.17, 15) is 0 Å². The van der Waals surface area contributed by atoms with Crippen LogP contribution in [0.3, 0.4) is 0 Å². The summed E-state index contributed by atoms with van der Waals surface area (Å²) in [6.45, 7) is 8.08. The normalized spacial score (nSPS) is 18.8. The molecule has 1 aliphatic heterocycles. The van der Waals surface area contributed by atoms with E-state index in [1.54, 1.807) is 0 Å². The molecule has 0 radical (unpaired) electrons. The van der Waals surface area contributed by atoms with Crippen molar-refractivity contribution in [3.05, 3.63) is 30.1 Å². The average molecular weight is 285 g/mol. The number of nitrogens with zero attached hydrogens (tertiary/aromatic N) is 3. The lowest BCUT2D eigenvalue weighted by Crippen LogP contribution is -2.30. The van der Waals surface area contributed by atoms with E-state index in [2.05, 4.69) is 47.6 Å². The van der Waals surface area contributed by atoms with Gasteiger partial charge in [0, 0.05) is 6.54 Å². The number of para-hydroxylation sites is 2. The summed E-state index contributed by atoms with van der Waals surface area (Å²) in [7, 11) is 0. The minimum Gasteiger partial charge on any atom is -0.327 e. The lowest BCUT2D eigenvalue weighted by atomic mass is 10.2. The summed E-state index contributed by atoms with van der Waals surface area (Å²) < 4.78 is 2.44. The number of hydrogen-bond acceptors (Lipinski definition) is 2. The Labute approximate surface area is 128 Å². The fraction of sp³-hybridized carbons (Fsp3) is 0.611. The van der Waals surface area contributed by atoms with Crippen LogP contribution in [0.25, 0.3) is 11.0 Å². The lowest BCUT2D eigenvalue weighted by Gasteiger charge is -2.27. The number of hydrogen-bond donors (Lipinski definition) is 0. The highest BCUT2D eigenvalue weighted by Gasteiger charge is 2.22. The average Bonchev–Trinajstić information content (AvgIpc) is 2.70. The van der Waals surface area contributed by atoms with Crippen LogP contribution in [0.2, 0.25) is 0 Å². The van der Waals surface area contributed by atoms with E-state index in [1.807, 2.05) is 0 Å². The Bertz CT molecular complexity index is 579. The first kappa shape index (κ1) is 14.6. The first-order valence-electron chi connectivity index (χ1n) is 8.50. The van der Waals surface area contributed by atoms with Gasteiger partial charge in [0.2, 0.25) is 0 Å². The molecule has 0 unspecified atom stereocenters. The maximum Gasteiger partial charge on any atom is 0.127 e. The predicted octanol–water partition coefficient (Wildman–Crippen LogP) is 4.38. The fourth-order valence-electron chi connectivity index (χ4n) is 3.52. The highest BCUT2D eigenvalue weighted by atomic mass is 15.2. The number of aromatic nitrogens is 2. The van der Waals surface area contributed by atoms with Crippen molar-refractivity contribution in [2.24, 2.45) is 0 Å². The number of likely N-dealkylation sites (tertiary alicyclic amines) is 1. The summed E-state index contributed by atoms with van der Waals surface area (Å²) in [6.07, 6.45) is 6.58. The topological polar surface area (TPSA) is 21.1 Å². The Morgan fingerprint density at radius 3 is 2.52 bits per heavy atom. The van der Waals surface area contributed by atoms with Crippen LogP contribution in [0.5, 0.6) is 0 Å². The zero-order valence-corrected chi connectivity index (χ0v) is 13.4. The minimum absolute atomic E-state index is 0.419. The number of fused-ring (bicyclic) bond motifs is 1. The molecule has 1 atom stereocenters. The molecule has 1 saturated heterocycles. The Kier molecular flexibility index (Phi) is 4.59. The summed E-state index contributed by atoms with van der Waals surface area (Å²) in [5.41, 5.74) is 2.43. The second kappa shape index (κ2) is 6.61. The summed E-state index contributed by atoms with van der Waals surface area (Å²) in [5.74, 6) is 1.25. The quantitative estimate of drug-likeness (QED) is 0.831. The highest BCUT2D eigenvalue weighted by Crippen LogP contribution is 2.27. The van der Waals surface area contributed by atoms with Crippen LogP contribution in [-0.2, 0) is 6.54 Å². The first-order valence-corrected chi connectivity index (χ1v) is 8.50. The molecule has 0 aliphatic carbocycles. The van der Waals surface area contributed by atoms with E-state index in [0.717, 1.165) is 18.5 Å². The number of benzene rings is 1. The number of rotatable bonds is 4. The molecule has 3 heteroatoms. The van der Waals surface area contributed by atoms with Crippen LogP contribution in [0, 0.1) is 0 Å². The molecular weight excluding hydrogens is 258 g/mol. The van der Waals surface area contributed by atoms with Gasteiger partial charge in [0.25, 0.3) is 0 Å². The predicted molar refractivity (Wildman–Crippen MR) is 88.5 cm³/mol. The molecule has 0 spiro atoms. The standard InChI is InChI=1S/C18H27N3/c1-3-12-21-17-11-7-6-10-16(17)19-18(21)15(2)20-13-8-4-5-9-14-20/h6-7,10-11,15H,3-5,8-9,12-14H2,1-2H3/t15-/m0/s1. The van der Waals surface area contributed by atoms with Crippen LogP contribution in [-0.4, -0.2) is 27.5 Å². The molecule has 1 aliphatic rings. The Hall–Kier alpha value is -1.35. The summed E-state index contributed by atoms with van der Waals surface area (Å²) in [5, 5.41) is 0. The maximum absolute atomic E-state index is 4.96. The molecule has 1 fully saturated rings. The van der Waals surface area contributed by atoms with Crippen molar-refractivity contribution in [2.45, 2.75) is 58.5 Å². The van der Waals surface area contributed by atoms with Gasteiger partial charge in [-0.3, -0.25) is 4.90 Å². The van der Waals surface area contributed by atoms with Crippen molar-refractivity contribution in [3.8, 4) is 0 Å². The monoisotopic (exact) mass is 285 g/mol. The second-order valence-electron chi connectivity index (χ2n) is 6.24. The third kappa shape index (κ3) is 2.98. The minimum atomic E-state index is 0.419. The van der Waals surface area contributed by atoms with Gasteiger partial charge in [0.1, 0.15) is 5.82 Å². The van der Waals surface area contributed by atoms with Crippen LogP contribution in [0.4, 0.5) is 0 Å². The summed E-state index contributed by atoms with van der Waals surface area (Å²) in [6, 6.07) is 8.97. The van der Waals surface area contributed by atoms with E-state index in [-0.39, 0.29) is 0 Å². The third-order valence-electron chi connectivity index (χ3n) is 4.69. The van der Waals surface area contributed by atoms with Crippen LogP contribution in [0.15, 0.2) is 24.3 Å². The molecule has 2 heterocycles. The molecule has 3 nitrogen and oxygen atoms in total. The first-order chi connectivity index (χ1) is 10.3. The smallest absolute Gasteiger partial charge is 0.127 e. The van der Waals surface area contributed by atoms with Gasteiger partial charge in [-0.2, -0.15) is 0 Å². The molecule has 0 bridgehead atoms. The zero-order valence-electron chi connectivity index (χ0n) is 13.4. The van der Waals surface area contributed by atoms with Gasteiger partial charge in [0.15, 0.2) is 0 Å². The molecular formula is C18H27N3. The Morgan fingerprint density at radius 2 is 1.81 bits per heavy atom. The van der Waals surface area contributed by atoms with Crippen molar-refractivity contribution in [1.29, 1.82) is 0 Å². The van der Waals surface area contributed by atoms with Crippen molar-refractivity contribution in [2.75, 3.05) is 13.1 Å². The summed E-state index contributed by atoms with van der Waals surface area (Å²) >= 11 is 0. The molecule has 0 amide bonds. The molecule has 2 aromatic rings. The van der Waals surface area contributed by atoms with Crippen LogP contribution >= 0.6 is 0 Å². The molecule has 3 rings (SSSR count). The molecule has 0 saturated carbocycles. The fourth-order valence-corrected chi connectivity index (χ4v) is 3.52.